The molecule has 0 saturated carbocycles. The molecular weight excluding hydrogens is 164 g/mol. The van der Waals surface area contributed by atoms with Gasteiger partial charge in [0.15, 0.2) is 0 Å². The van der Waals surface area contributed by atoms with Gasteiger partial charge in [-0.15, -0.1) is 0 Å². The third kappa shape index (κ3) is 3.89. The molecular formula is C10H22N2O. The molecule has 2 unspecified atom stereocenters. The molecule has 0 aliphatic rings. The van der Waals surface area contributed by atoms with Crippen LogP contribution in [0.3, 0.4) is 0 Å². The number of rotatable bonds is 6. The lowest BCUT2D eigenvalue weighted by Gasteiger charge is -2.34. The van der Waals surface area contributed by atoms with Crippen molar-refractivity contribution in [3.8, 4) is 0 Å². The van der Waals surface area contributed by atoms with Crippen LogP contribution in [0, 0.1) is 0 Å². The van der Waals surface area contributed by atoms with E-state index in [4.69, 9.17) is 10.5 Å². The van der Waals surface area contributed by atoms with E-state index < -0.39 is 0 Å². The van der Waals surface area contributed by atoms with Crippen LogP contribution in [0.15, 0.2) is 12.2 Å². The summed E-state index contributed by atoms with van der Waals surface area (Å²) >= 11 is 0. The lowest BCUT2D eigenvalue weighted by molar-refractivity contribution is 0.0434. The molecule has 13 heavy (non-hydrogen) atoms. The number of hydrogen-bond donors (Lipinski definition) is 2. The van der Waals surface area contributed by atoms with Crippen molar-refractivity contribution in [2.75, 3.05) is 20.2 Å². The highest BCUT2D eigenvalue weighted by molar-refractivity contribution is 4.98. The molecule has 0 amide bonds. The van der Waals surface area contributed by atoms with Gasteiger partial charge >= 0.3 is 0 Å². The van der Waals surface area contributed by atoms with Gasteiger partial charge in [-0.25, -0.2) is 0 Å². The summed E-state index contributed by atoms with van der Waals surface area (Å²) in [4.78, 5) is 0. The molecule has 3 nitrogen and oxygen atoms in total. The molecule has 0 radical (unpaired) electrons. The molecule has 0 aromatic rings. The summed E-state index contributed by atoms with van der Waals surface area (Å²) in [5, 5.41) is 3.35. The highest BCUT2D eigenvalue weighted by Gasteiger charge is 2.28. The third-order valence-electron chi connectivity index (χ3n) is 2.47. The van der Waals surface area contributed by atoms with Crippen molar-refractivity contribution in [2.45, 2.75) is 32.4 Å². The van der Waals surface area contributed by atoms with Crippen LogP contribution in [0.2, 0.25) is 0 Å². The Kier molecular flexibility index (Phi) is 5.21. The van der Waals surface area contributed by atoms with Crippen LogP contribution < -0.4 is 11.1 Å². The molecule has 0 spiro atoms. The predicted octanol–water partition coefficient (Wildman–Crippen LogP) is 0.904. The zero-order valence-corrected chi connectivity index (χ0v) is 9.18. The minimum atomic E-state index is -0.173. The van der Waals surface area contributed by atoms with E-state index in [1.807, 2.05) is 13.8 Å². The van der Waals surface area contributed by atoms with Gasteiger partial charge in [0, 0.05) is 20.2 Å². The minimum Gasteiger partial charge on any atom is -0.380 e. The predicted molar refractivity (Wildman–Crippen MR) is 56.7 cm³/mol. The lowest BCUT2D eigenvalue weighted by Crippen LogP contribution is -2.57. The normalized spacial score (nSPS) is 17.9. The van der Waals surface area contributed by atoms with Crippen LogP contribution in [-0.2, 0) is 4.74 Å². The minimum absolute atomic E-state index is 0.0943. The Hall–Kier alpha value is -0.380. The van der Waals surface area contributed by atoms with Gasteiger partial charge in [0.2, 0.25) is 0 Å². The summed E-state index contributed by atoms with van der Waals surface area (Å²) in [6.07, 6.45) is 0.0943. The summed E-state index contributed by atoms with van der Waals surface area (Å²) in [6, 6.07) is 0. The Morgan fingerprint density at radius 2 is 2.23 bits per heavy atom. The van der Waals surface area contributed by atoms with E-state index in [2.05, 4.69) is 18.8 Å². The van der Waals surface area contributed by atoms with Gasteiger partial charge in [-0.3, -0.25) is 0 Å². The Labute approximate surface area is 81.3 Å². The van der Waals surface area contributed by atoms with Gasteiger partial charge in [0.05, 0.1) is 11.6 Å². The first-order valence-electron chi connectivity index (χ1n) is 4.58. The Morgan fingerprint density at radius 1 is 1.69 bits per heavy atom. The van der Waals surface area contributed by atoms with E-state index in [1.54, 1.807) is 7.11 Å². The third-order valence-corrected chi connectivity index (χ3v) is 2.47. The number of methoxy groups -OCH3 is 1. The van der Waals surface area contributed by atoms with Crippen molar-refractivity contribution in [1.29, 1.82) is 0 Å². The van der Waals surface area contributed by atoms with E-state index in [1.165, 1.54) is 0 Å². The molecule has 0 bridgehead atoms. The smallest absolute Gasteiger partial charge is 0.0734 e. The SMILES string of the molecule is C=C(C)CNC(C)(CN)C(C)OC. The first-order valence-corrected chi connectivity index (χ1v) is 4.58. The zero-order valence-electron chi connectivity index (χ0n) is 9.18. The average molecular weight is 186 g/mol. The molecule has 3 N–H and O–H groups in total. The fourth-order valence-corrected chi connectivity index (χ4v) is 0.995. The molecule has 78 valence electrons. The standard InChI is InChI=1S/C10H22N2O/c1-8(2)6-12-10(4,7-11)9(3)13-5/h9,12H,1,6-7,11H2,2-5H3. The quantitative estimate of drug-likeness (QED) is 0.606. The Balaban J connectivity index is 4.18. The molecule has 0 heterocycles. The average Bonchev–Trinajstić information content (AvgIpc) is 2.12. The van der Waals surface area contributed by atoms with Crippen LogP contribution in [0.5, 0.6) is 0 Å². The molecule has 3 heteroatoms. The molecule has 0 fully saturated rings. The van der Waals surface area contributed by atoms with Crippen molar-refractivity contribution in [2.24, 2.45) is 5.73 Å². The van der Waals surface area contributed by atoms with E-state index in [-0.39, 0.29) is 11.6 Å². The summed E-state index contributed by atoms with van der Waals surface area (Å²) in [6.45, 7) is 11.2. The fraction of sp³-hybridized carbons (Fsp3) is 0.800. The summed E-state index contributed by atoms with van der Waals surface area (Å²) in [5.74, 6) is 0. The maximum absolute atomic E-state index is 5.70. The zero-order chi connectivity index (χ0) is 10.5. The molecule has 0 aromatic heterocycles. The molecule has 0 saturated heterocycles. The van der Waals surface area contributed by atoms with Crippen LogP contribution >= 0.6 is 0 Å². The number of hydrogen-bond acceptors (Lipinski definition) is 3. The molecule has 0 aliphatic carbocycles. The number of nitrogens with two attached hydrogens (primary N) is 1. The monoisotopic (exact) mass is 186 g/mol. The number of nitrogens with one attached hydrogen (secondary N) is 1. The number of ether oxygens (including phenoxy) is 1. The second-order valence-corrected chi connectivity index (χ2v) is 3.81. The van der Waals surface area contributed by atoms with Gasteiger partial charge in [-0.2, -0.15) is 0 Å². The van der Waals surface area contributed by atoms with Crippen molar-refractivity contribution in [1.82, 2.24) is 5.32 Å². The molecule has 0 rings (SSSR count). The first kappa shape index (κ1) is 12.6. The second kappa shape index (κ2) is 5.37. The molecule has 0 aliphatic heterocycles. The maximum Gasteiger partial charge on any atom is 0.0734 e. The van der Waals surface area contributed by atoms with E-state index >= 15 is 0 Å². The van der Waals surface area contributed by atoms with Crippen molar-refractivity contribution in [3.05, 3.63) is 12.2 Å². The summed E-state index contributed by atoms with van der Waals surface area (Å²) in [5.41, 5.74) is 6.62. The molecule has 2 atom stereocenters. The van der Waals surface area contributed by atoms with Crippen molar-refractivity contribution in [3.63, 3.8) is 0 Å². The van der Waals surface area contributed by atoms with Crippen LogP contribution in [0.4, 0.5) is 0 Å². The van der Waals surface area contributed by atoms with Crippen LogP contribution in [-0.4, -0.2) is 31.8 Å². The fourth-order valence-electron chi connectivity index (χ4n) is 0.995. The highest BCUT2D eigenvalue weighted by atomic mass is 16.5. The van der Waals surface area contributed by atoms with E-state index in [9.17, 15) is 0 Å². The molecule has 0 aromatic carbocycles. The topological polar surface area (TPSA) is 47.3 Å². The second-order valence-electron chi connectivity index (χ2n) is 3.81. The van der Waals surface area contributed by atoms with Crippen molar-refractivity contribution >= 4 is 0 Å². The van der Waals surface area contributed by atoms with Crippen LogP contribution in [0.1, 0.15) is 20.8 Å². The highest BCUT2D eigenvalue weighted by Crippen LogP contribution is 2.11. The summed E-state index contributed by atoms with van der Waals surface area (Å²) in [7, 11) is 1.70. The maximum atomic E-state index is 5.70. The largest absolute Gasteiger partial charge is 0.380 e. The van der Waals surface area contributed by atoms with E-state index in [0.29, 0.717) is 6.54 Å². The Bertz CT molecular complexity index is 170. The van der Waals surface area contributed by atoms with Crippen LogP contribution in [0.25, 0.3) is 0 Å². The van der Waals surface area contributed by atoms with Gasteiger partial charge in [-0.05, 0) is 20.8 Å². The van der Waals surface area contributed by atoms with Gasteiger partial charge in [0.1, 0.15) is 0 Å². The van der Waals surface area contributed by atoms with Crippen molar-refractivity contribution < 1.29 is 4.74 Å². The van der Waals surface area contributed by atoms with Gasteiger partial charge < -0.3 is 15.8 Å². The van der Waals surface area contributed by atoms with Gasteiger partial charge in [0.25, 0.3) is 0 Å². The first-order chi connectivity index (χ1) is 5.96. The Morgan fingerprint density at radius 3 is 2.54 bits per heavy atom. The summed E-state index contributed by atoms with van der Waals surface area (Å²) < 4.78 is 5.27. The van der Waals surface area contributed by atoms with Gasteiger partial charge in [-0.1, -0.05) is 12.2 Å². The lowest BCUT2D eigenvalue weighted by atomic mass is 9.95. The van der Waals surface area contributed by atoms with E-state index in [0.717, 1.165) is 12.1 Å².